The van der Waals surface area contributed by atoms with Crippen LogP contribution in [-0.2, 0) is 0 Å². The van der Waals surface area contributed by atoms with Gasteiger partial charge in [0.05, 0.1) is 5.56 Å². The van der Waals surface area contributed by atoms with Crippen LogP contribution in [0.1, 0.15) is 85.4 Å². The minimum atomic E-state index is -0.190. The SMILES string of the molecule is CCCCCCCCCCCNC(=O)c1ccc(NC(=O)c2ccccc2Br)cc1. The molecule has 2 amide bonds. The molecule has 0 spiro atoms. The summed E-state index contributed by atoms with van der Waals surface area (Å²) in [5.41, 5.74) is 1.83. The highest BCUT2D eigenvalue weighted by molar-refractivity contribution is 9.10. The first-order chi connectivity index (χ1) is 14.6. The number of carbonyl (C=O) groups excluding carboxylic acids is 2. The predicted octanol–water partition coefficient (Wildman–Crippen LogP) is 6.96. The van der Waals surface area contributed by atoms with Gasteiger partial charge in [-0.15, -0.1) is 0 Å². The van der Waals surface area contributed by atoms with E-state index in [0.29, 0.717) is 23.4 Å². The first-order valence-electron chi connectivity index (χ1n) is 11.1. The summed E-state index contributed by atoms with van der Waals surface area (Å²) in [5, 5.41) is 5.83. The van der Waals surface area contributed by atoms with Crippen LogP contribution in [0.3, 0.4) is 0 Å². The summed E-state index contributed by atoms with van der Waals surface area (Å²) in [5.74, 6) is -0.261. The zero-order valence-corrected chi connectivity index (χ0v) is 19.5. The quantitative estimate of drug-likeness (QED) is 0.309. The Bertz CT molecular complexity index is 790. The van der Waals surface area contributed by atoms with E-state index >= 15 is 0 Å². The average molecular weight is 473 g/mol. The van der Waals surface area contributed by atoms with Gasteiger partial charge in [-0.25, -0.2) is 0 Å². The molecule has 30 heavy (non-hydrogen) atoms. The molecule has 5 heteroatoms. The molecule has 2 aromatic rings. The minimum absolute atomic E-state index is 0.0711. The zero-order valence-electron chi connectivity index (χ0n) is 17.9. The smallest absolute Gasteiger partial charge is 0.256 e. The van der Waals surface area contributed by atoms with Crippen molar-refractivity contribution in [1.82, 2.24) is 5.32 Å². The second-order valence-electron chi connectivity index (χ2n) is 7.60. The molecule has 0 radical (unpaired) electrons. The number of rotatable bonds is 13. The lowest BCUT2D eigenvalue weighted by molar-refractivity contribution is 0.0952. The minimum Gasteiger partial charge on any atom is -0.352 e. The third kappa shape index (κ3) is 8.70. The molecule has 162 valence electrons. The van der Waals surface area contributed by atoms with Crippen molar-refractivity contribution in [2.24, 2.45) is 0 Å². The summed E-state index contributed by atoms with van der Waals surface area (Å²) in [6, 6.07) is 14.3. The third-order valence-corrected chi connectivity index (χ3v) is 5.78. The van der Waals surface area contributed by atoms with Crippen LogP contribution in [0.5, 0.6) is 0 Å². The second-order valence-corrected chi connectivity index (χ2v) is 8.45. The number of unbranched alkanes of at least 4 members (excludes halogenated alkanes) is 8. The average Bonchev–Trinajstić information content (AvgIpc) is 2.75. The summed E-state index contributed by atoms with van der Waals surface area (Å²) in [7, 11) is 0. The van der Waals surface area contributed by atoms with E-state index in [0.717, 1.165) is 17.3 Å². The number of anilines is 1. The summed E-state index contributed by atoms with van der Waals surface area (Å²) in [4.78, 5) is 24.6. The highest BCUT2D eigenvalue weighted by atomic mass is 79.9. The van der Waals surface area contributed by atoms with Gasteiger partial charge in [0.2, 0.25) is 0 Å². The van der Waals surface area contributed by atoms with E-state index in [9.17, 15) is 9.59 Å². The van der Waals surface area contributed by atoms with Crippen LogP contribution in [0, 0.1) is 0 Å². The van der Waals surface area contributed by atoms with Crippen LogP contribution in [-0.4, -0.2) is 18.4 Å². The van der Waals surface area contributed by atoms with Crippen molar-refractivity contribution < 1.29 is 9.59 Å². The topological polar surface area (TPSA) is 58.2 Å². The molecule has 0 atom stereocenters. The van der Waals surface area contributed by atoms with Crippen LogP contribution in [0.4, 0.5) is 5.69 Å². The Morgan fingerprint density at radius 1 is 0.767 bits per heavy atom. The lowest BCUT2D eigenvalue weighted by Gasteiger charge is -2.08. The first-order valence-corrected chi connectivity index (χ1v) is 11.8. The lowest BCUT2D eigenvalue weighted by atomic mass is 10.1. The largest absolute Gasteiger partial charge is 0.352 e. The molecule has 0 bridgehead atoms. The number of amides is 2. The van der Waals surface area contributed by atoms with Gasteiger partial charge in [-0.1, -0.05) is 70.4 Å². The maximum atomic E-state index is 12.3. The van der Waals surface area contributed by atoms with E-state index in [1.54, 1.807) is 30.3 Å². The van der Waals surface area contributed by atoms with Crippen LogP contribution in [0.2, 0.25) is 0 Å². The Hall–Kier alpha value is -2.14. The van der Waals surface area contributed by atoms with Crippen molar-refractivity contribution >= 4 is 33.4 Å². The summed E-state index contributed by atoms with van der Waals surface area (Å²) in [6.45, 7) is 2.95. The van der Waals surface area contributed by atoms with Gasteiger partial charge < -0.3 is 10.6 Å². The normalized spacial score (nSPS) is 10.6. The van der Waals surface area contributed by atoms with Gasteiger partial charge in [0.25, 0.3) is 11.8 Å². The molecule has 0 unspecified atom stereocenters. The molecule has 0 aliphatic heterocycles. The molecule has 2 aromatic carbocycles. The summed E-state index contributed by atoms with van der Waals surface area (Å²) >= 11 is 3.38. The van der Waals surface area contributed by atoms with E-state index in [1.807, 2.05) is 18.2 Å². The highest BCUT2D eigenvalue weighted by Crippen LogP contribution is 2.18. The van der Waals surface area contributed by atoms with Gasteiger partial charge in [0.15, 0.2) is 0 Å². The van der Waals surface area contributed by atoms with Crippen LogP contribution in [0.15, 0.2) is 53.0 Å². The number of nitrogens with one attached hydrogen (secondary N) is 2. The van der Waals surface area contributed by atoms with Crippen molar-refractivity contribution in [3.63, 3.8) is 0 Å². The monoisotopic (exact) mass is 472 g/mol. The van der Waals surface area contributed by atoms with Crippen molar-refractivity contribution in [3.8, 4) is 0 Å². The number of hydrogen-bond acceptors (Lipinski definition) is 2. The number of halogens is 1. The Kier molecular flexibility index (Phi) is 11.2. The van der Waals surface area contributed by atoms with Gasteiger partial charge in [-0.2, -0.15) is 0 Å². The van der Waals surface area contributed by atoms with E-state index in [-0.39, 0.29) is 11.8 Å². The molecule has 0 aromatic heterocycles. The Balaban J connectivity index is 1.65. The van der Waals surface area contributed by atoms with Crippen molar-refractivity contribution in [1.29, 1.82) is 0 Å². The molecule has 0 fully saturated rings. The third-order valence-electron chi connectivity index (χ3n) is 5.09. The van der Waals surface area contributed by atoms with E-state index in [4.69, 9.17) is 0 Å². The molecule has 2 N–H and O–H groups in total. The van der Waals surface area contributed by atoms with Crippen LogP contribution < -0.4 is 10.6 Å². The Morgan fingerprint density at radius 3 is 2.00 bits per heavy atom. The molecule has 0 aliphatic carbocycles. The molecule has 4 nitrogen and oxygen atoms in total. The molecule has 0 aliphatic rings. The second kappa shape index (κ2) is 14.0. The maximum Gasteiger partial charge on any atom is 0.256 e. The van der Waals surface area contributed by atoms with Crippen LogP contribution in [0.25, 0.3) is 0 Å². The molecular weight excluding hydrogens is 440 g/mol. The van der Waals surface area contributed by atoms with Gasteiger partial charge in [0.1, 0.15) is 0 Å². The fourth-order valence-corrected chi connectivity index (χ4v) is 3.75. The number of hydrogen-bond donors (Lipinski definition) is 2. The molecular formula is C25H33BrN2O2. The summed E-state index contributed by atoms with van der Waals surface area (Å²) < 4.78 is 0.745. The molecule has 2 rings (SSSR count). The lowest BCUT2D eigenvalue weighted by Crippen LogP contribution is -2.24. The Morgan fingerprint density at radius 2 is 1.37 bits per heavy atom. The van der Waals surface area contributed by atoms with Crippen molar-refractivity contribution in [3.05, 3.63) is 64.1 Å². The van der Waals surface area contributed by atoms with E-state index in [1.165, 1.54) is 44.9 Å². The predicted molar refractivity (Wildman–Crippen MR) is 128 cm³/mol. The number of benzene rings is 2. The fourth-order valence-electron chi connectivity index (χ4n) is 3.29. The standard InChI is InChI=1S/C25H33BrN2O2/c1-2-3-4-5-6-7-8-9-12-19-27-24(29)20-15-17-21(18-16-20)28-25(30)22-13-10-11-14-23(22)26/h10-11,13-18H,2-9,12,19H2,1H3,(H,27,29)(H,28,30). The maximum absolute atomic E-state index is 12.3. The first kappa shape index (κ1) is 24.1. The summed E-state index contributed by atoms with van der Waals surface area (Å²) in [6.07, 6.45) is 11.4. The van der Waals surface area contributed by atoms with Crippen molar-refractivity contribution in [2.45, 2.75) is 64.7 Å². The van der Waals surface area contributed by atoms with Gasteiger partial charge in [-0.3, -0.25) is 9.59 Å². The zero-order chi connectivity index (χ0) is 21.6. The van der Waals surface area contributed by atoms with Gasteiger partial charge in [0, 0.05) is 22.3 Å². The number of carbonyl (C=O) groups is 2. The molecule has 0 heterocycles. The Labute approximate surface area is 189 Å². The van der Waals surface area contributed by atoms with Crippen LogP contribution >= 0.6 is 15.9 Å². The molecule has 0 saturated carbocycles. The van der Waals surface area contributed by atoms with Crippen molar-refractivity contribution in [2.75, 3.05) is 11.9 Å². The van der Waals surface area contributed by atoms with E-state index < -0.39 is 0 Å². The highest BCUT2D eigenvalue weighted by Gasteiger charge is 2.10. The van der Waals surface area contributed by atoms with Gasteiger partial charge >= 0.3 is 0 Å². The fraction of sp³-hybridized carbons (Fsp3) is 0.440. The van der Waals surface area contributed by atoms with E-state index in [2.05, 4.69) is 33.5 Å². The van der Waals surface area contributed by atoms with Gasteiger partial charge in [-0.05, 0) is 58.7 Å². The molecule has 0 saturated heterocycles.